The normalized spacial score (nSPS) is 16.5. The molecule has 1 aromatic carbocycles. The molecule has 0 aromatic heterocycles. The third-order valence-corrected chi connectivity index (χ3v) is 3.07. The quantitative estimate of drug-likeness (QED) is 0.847. The zero-order chi connectivity index (χ0) is 14.9. The number of benzene rings is 1. The summed E-state index contributed by atoms with van der Waals surface area (Å²) in [5, 5.41) is 8.62. The number of alkyl halides is 3. The van der Waals surface area contributed by atoms with Crippen LogP contribution in [0.25, 0.3) is 6.08 Å². The van der Waals surface area contributed by atoms with Crippen LogP contribution in [0.3, 0.4) is 0 Å². The first-order chi connectivity index (χ1) is 9.29. The van der Waals surface area contributed by atoms with Gasteiger partial charge in [0, 0.05) is 24.6 Å². The minimum absolute atomic E-state index is 0.188. The molecule has 0 aliphatic carbocycles. The smallest absolute Gasteiger partial charge is 0.417 e. The van der Waals surface area contributed by atoms with E-state index < -0.39 is 29.2 Å². The maximum Gasteiger partial charge on any atom is 0.417 e. The molecule has 108 valence electrons. The fourth-order valence-corrected chi connectivity index (χ4v) is 1.98. The monoisotopic (exact) mass is 289 g/mol. The number of carboxylic acid groups (broad SMARTS) is 1. The molecule has 3 nitrogen and oxygen atoms in total. The summed E-state index contributed by atoms with van der Waals surface area (Å²) in [5.41, 5.74) is -1.56. The lowest BCUT2D eigenvalue weighted by atomic mass is 9.97. The predicted octanol–water partition coefficient (Wildman–Crippen LogP) is 3.47. The van der Waals surface area contributed by atoms with Crippen molar-refractivity contribution in [2.45, 2.75) is 6.18 Å². The molecular weight excluding hydrogens is 278 g/mol. The summed E-state index contributed by atoms with van der Waals surface area (Å²) in [6, 6.07) is 2.78. The van der Waals surface area contributed by atoms with Crippen molar-refractivity contribution in [1.29, 1.82) is 0 Å². The third-order valence-electron chi connectivity index (χ3n) is 3.07. The molecule has 1 heterocycles. The zero-order valence-corrected chi connectivity index (χ0v) is 10.2. The van der Waals surface area contributed by atoms with Crippen LogP contribution in [0.4, 0.5) is 22.4 Å². The topological polar surface area (TPSA) is 40.5 Å². The van der Waals surface area contributed by atoms with Gasteiger partial charge in [0.25, 0.3) is 0 Å². The number of amides is 1. The van der Waals surface area contributed by atoms with Gasteiger partial charge in [-0.1, -0.05) is 18.2 Å². The Morgan fingerprint density at radius 3 is 2.55 bits per heavy atom. The molecule has 0 spiro atoms. The summed E-state index contributed by atoms with van der Waals surface area (Å²) >= 11 is 0. The molecule has 1 aromatic rings. The average molecular weight is 289 g/mol. The lowest BCUT2D eigenvalue weighted by Gasteiger charge is -2.35. The van der Waals surface area contributed by atoms with Crippen molar-refractivity contribution in [2.75, 3.05) is 13.1 Å². The van der Waals surface area contributed by atoms with Crippen molar-refractivity contribution in [3.63, 3.8) is 0 Å². The third kappa shape index (κ3) is 2.92. The van der Waals surface area contributed by atoms with E-state index in [0.29, 0.717) is 0 Å². The first-order valence-corrected chi connectivity index (χ1v) is 5.81. The fourth-order valence-electron chi connectivity index (χ4n) is 1.98. The standard InChI is InChI=1S/C13H11F4NO2/c14-11-3-1-2-10(13(15,16)17)9(11)5-4-8-6-18(7-8)12(19)20/h1-5,8H,6-7H2,(H,19,20). The molecule has 0 unspecified atom stereocenters. The Balaban J connectivity index is 2.16. The van der Waals surface area contributed by atoms with E-state index in [4.69, 9.17) is 5.11 Å². The fraction of sp³-hybridized carbons (Fsp3) is 0.308. The van der Waals surface area contributed by atoms with Crippen LogP contribution in [-0.4, -0.2) is 29.2 Å². The molecule has 1 aliphatic rings. The Morgan fingerprint density at radius 2 is 2.00 bits per heavy atom. The van der Waals surface area contributed by atoms with E-state index in [1.165, 1.54) is 6.08 Å². The average Bonchev–Trinajstić information content (AvgIpc) is 2.26. The summed E-state index contributed by atoms with van der Waals surface area (Å²) in [4.78, 5) is 11.7. The van der Waals surface area contributed by atoms with Crippen LogP contribution in [0.1, 0.15) is 11.1 Å². The van der Waals surface area contributed by atoms with Crippen LogP contribution < -0.4 is 0 Å². The van der Waals surface area contributed by atoms with Crippen molar-refractivity contribution in [3.05, 3.63) is 41.2 Å². The molecule has 0 atom stereocenters. The van der Waals surface area contributed by atoms with E-state index in [-0.39, 0.29) is 19.0 Å². The lowest BCUT2D eigenvalue weighted by Crippen LogP contribution is -2.48. The minimum Gasteiger partial charge on any atom is -0.465 e. The van der Waals surface area contributed by atoms with E-state index >= 15 is 0 Å². The highest BCUT2D eigenvalue weighted by Gasteiger charge is 2.34. The first kappa shape index (κ1) is 14.4. The Bertz CT molecular complexity index is 548. The molecule has 20 heavy (non-hydrogen) atoms. The van der Waals surface area contributed by atoms with E-state index in [1.807, 2.05) is 0 Å². The minimum atomic E-state index is -4.63. The van der Waals surface area contributed by atoms with Gasteiger partial charge in [0.1, 0.15) is 5.82 Å². The number of carbonyl (C=O) groups is 1. The van der Waals surface area contributed by atoms with Crippen LogP contribution in [0.5, 0.6) is 0 Å². The molecule has 1 fully saturated rings. The summed E-state index contributed by atoms with van der Waals surface area (Å²) in [6.07, 6.45) is -3.22. The van der Waals surface area contributed by atoms with Crippen LogP contribution in [0, 0.1) is 11.7 Å². The summed E-state index contributed by atoms with van der Waals surface area (Å²) in [5.74, 6) is -1.14. The second kappa shape index (κ2) is 5.15. The van der Waals surface area contributed by atoms with Gasteiger partial charge in [-0.05, 0) is 12.1 Å². The maximum absolute atomic E-state index is 13.5. The second-order valence-electron chi connectivity index (χ2n) is 4.51. The van der Waals surface area contributed by atoms with Gasteiger partial charge in [0.15, 0.2) is 0 Å². The number of hydrogen-bond acceptors (Lipinski definition) is 1. The highest BCUT2D eigenvalue weighted by atomic mass is 19.4. The van der Waals surface area contributed by atoms with E-state index in [2.05, 4.69) is 0 Å². The zero-order valence-electron chi connectivity index (χ0n) is 10.2. The van der Waals surface area contributed by atoms with Gasteiger partial charge in [-0.25, -0.2) is 9.18 Å². The van der Waals surface area contributed by atoms with Crippen LogP contribution >= 0.6 is 0 Å². The van der Waals surface area contributed by atoms with E-state index in [1.54, 1.807) is 0 Å². The maximum atomic E-state index is 13.5. The largest absolute Gasteiger partial charge is 0.465 e. The Morgan fingerprint density at radius 1 is 1.35 bits per heavy atom. The van der Waals surface area contributed by atoms with Crippen LogP contribution in [0.15, 0.2) is 24.3 Å². The van der Waals surface area contributed by atoms with Crippen molar-refractivity contribution in [3.8, 4) is 0 Å². The summed E-state index contributed by atoms with van der Waals surface area (Å²) in [7, 11) is 0. The van der Waals surface area contributed by atoms with Gasteiger partial charge in [-0.3, -0.25) is 0 Å². The molecule has 7 heteroatoms. The van der Waals surface area contributed by atoms with Gasteiger partial charge in [-0.2, -0.15) is 13.2 Å². The number of nitrogens with zero attached hydrogens (tertiary/aromatic N) is 1. The first-order valence-electron chi connectivity index (χ1n) is 5.81. The summed E-state index contributed by atoms with van der Waals surface area (Å²) < 4.78 is 51.7. The van der Waals surface area contributed by atoms with Crippen molar-refractivity contribution in [1.82, 2.24) is 4.90 Å². The lowest BCUT2D eigenvalue weighted by molar-refractivity contribution is -0.137. The molecule has 0 bridgehead atoms. The summed E-state index contributed by atoms with van der Waals surface area (Å²) in [6.45, 7) is 0.420. The van der Waals surface area contributed by atoms with E-state index in [0.717, 1.165) is 29.2 Å². The highest BCUT2D eigenvalue weighted by Crippen LogP contribution is 2.34. The van der Waals surface area contributed by atoms with Crippen molar-refractivity contribution < 1.29 is 27.5 Å². The van der Waals surface area contributed by atoms with Crippen LogP contribution in [-0.2, 0) is 6.18 Å². The van der Waals surface area contributed by atoms with Gasteiger partial charge in [-0.15, -0.1) is 0 Å². The predicted molar refractivity (Wildman–Crippen MR) is 63.5 cm³/mol. The number of hydrogen-bond donors (Lipinski definition) is 1. The highest BCUT2D eigenvalue weighted by molar-refractivity contribution is 5.66. The molecular formula is C13H11F4NO2. The molecule has 1 aliphatic heterocycles. The van der Waals surface area contributed by atoms with E-state index in [9.17, 15) is 22.4 Å². The SMILES string of the molecule is O=C(O)N1CC(C=Cc2c(F)cccc2C(F)(F)F)C1. The Labute approximate surface area is 112 Å². The Hall–Kier alpha value is -2.05. The second-order valence-corrected chi connectivity index (χ2v) is 4.51. The van der Waals surface area contributed by atoms with Crippen LogP contribution in [0.2, 0.25) is 0 Å². The van der Waals surface area contributed by atoms with Crippen molar-refractivity contribution >= 4 is 12.2 Å². The van der Waals surface area contributed by atoms with Gasteiger partial charge < -0.3 is 10.0 Å². The molecule has 0 radical (unpaired) electrons. The van der Waals surface area contributed by atoms with Crippen molar-refractivity contribution in [2.24, 2.45) is 5.92 Å². The van der Waals surface area contributed by atoms with Gasteiger partial charge in [0.05, 0.1) is 5.56 Å². The molecule has 2 rings (SSSR count). The number of rotatable bonds is 2. The van der Waals surface area contributed by atoms with Gasteiger partial charge >= 0.3 is 12.3 Å². The molecule has 1 amide bonds. The molecule has 0 saturated carbocycles. The van der Waals surface area contributed by atoms with Gasteiger partial charge in [0.2, 0.25) is 0 Å². The molecule has 1 saturated heterocycles. The number of likely N-dealkylation sites (tertiary alicyclic amines) is 1. The Kier molecular flexibility index (Phi) is 3.69. The number of halogens is 4. The molecule has 1 N–H and O–H groups in total.